The zero-order valence-electron chi connectivity index (χ0n) is 11.1. The molecule has 0 aliphatic carbocycles. The summed E-state index contributed by atoms with van der Waals surface area (Å²) < 4.78 is 1.99. The van der Waals surface area contributed by atoms with Crippen LogP contribution in [0.4, 0.5) is 0 Å². The summed E-state index contributed by atoms with van der Waals surface area (Å²) in [6, 6.07) is 12.4. The maximum atomic E-state index is 10.0. The molecule has 2 aromatic heterocycles. The molecule has 2 aromatic carbocycles. The third-order valence-corrected chi connectivity index (χ3v) is 3.92. The highest BCUT2D eigenvalue weighted by atomic mass is 35.5. The number of fused-ring (bicyclic) bond motifs is 3. The van der Waals surface area contributed by atoms with Crippen LogP contribution in [0.15, 0.2) is 42.5 Å². The van der Waals surface area contributed by atoms with Crippen molar-refractivity contribution in [1.29, 1.82) is 0 Å². The maximum absolute atomic E-state index is 10.0. The zero-order chi connectivity index (χ0) is 15.3. The van der Waals surface area contributed by atoms with Crippen molar-refractivity contribution in [2.45, 2.75) is 0 Å². The average Bonchev–Trinajstić information content (AvgIpc) is 2.96. The topological polar surface area (TPSA) is 66.2 Å². The van der Waals surface area contributed by atoms with E-state index in [9.17, 15) is 5.11 Å². The summed E-state index contributed by atoms with van der Waals surface area (Å²) in [7, 11) is 0. The van der Waals surface area contributed by atoms with E-state index < -0.39 is 0 Å². The number of rotatable bonds is 1. The third kappa shape index (κ3) is 1.96. The summed E-state index contributed by atoms with van der Waals surface area (Å²) in [6.45, 7) is 0. The van der Waals surface area contributed by atoms with Gasteiger partial charge in [-0.05, 0) is 42.5 Å². The molecule has 0 aliphatic rings. The lowest BCUT2D eigenvalue weighted by molar-refractivity contribution is 0.477. The quantitative estimate of drug-likeness (QED) is 0.519. The number of nitrogens with zero attached hydrogens (tertiary/aromatic N) is 3. The standard InChI is InChI=1S/C15H9ClN4OS/c16-8-5-6-12(21)10(7-8)13-18-14-9-3-1-2-4-11(9)17-15(22)20(14)19-13/h1-7,21H,(H,18,19). The maximum Gasteiger partial charge on any atom is 0.221 e. The fourth-order valence-electron chi connectivity index (χ4n) is 2.39. The Morgan fingerprint density at radius 1 is 1.14 bits per heavy atom. The molecule has 0 spiro atoms. The van der Waals surface area contributed by atoms with E-state index in [1.165, 1.54) is 6.07 Å². The molecule has 5 nitrogen and oxygen atoms in total. The van der Waals surface area contributed by atoms with Crippen molar-refractivity contribution in [2.24, 2.45) is 0 Å². The first-order chi connectivity index (χ1) is 10.6. The van der Waals surface area contributed by atoms with Crippen LogP contribution in [0.1, 0.15) is 0 Å². The van der Waals surface area contributed by atoms with E-state index in [0.29, 0.717) is 26.8 Å². The van der Waals surface area contributed by atoms with Crippen LogP contribution in [0.5, 0.6) is 5.75 Å². The van der Waals surface area contributed by atoms with Gasteiger partial charge in [-0.1, -0.05) is 23.7 Å². The number of hydrogen-bond donors (Lipinski definition) is 2. The number of phenols is 1. The first kappa shape index (κ1) is 13.2. The number of halogens is 1. The minimum absolute atomic E-state index is 0.0900. The summed E-state index contributed by atoms with van der Waals surface area (Å²) in [5.74, 6) is 0.566. The number of benzene rings is 2. The van der Waals surface area contributed by atoms with Gasteiger partial charge in [0.25, 0.3) is 0 Å². The highest BCUT2D eigenvalue weighted by Crippen LogP contribution is 2.30. The van der Waals surface area contributed by atoms with Gasteiger partial charge in [0.05, 0.1) is 11.1 Å². The van der Waals surface area contributed by atoms with Crippen molar-refractivity contribution in [2.75, 3.05) is 0 Å². The van der Waals surface area contributed by atoms with Gasteiger partial charge in [0.1, 0.15) is 5.75 Å². The molecule has 0 atom stereocenters. The van der Waals surface area contributed by atoms with Crippen LogP contribution in [0.25, 0.3) is 27.9 Å². The average molecular weight is 329 g/mol. The van der Waals surface area contributed by atoms with Crippen LogP contribution in [0.2, 0.25) is 5.02 Å². The minimum Gasteiger partial charge on any atom is -0.507 e. The molecule has 108 valence electrons. The van der Waals surface area contributed by atoms with Gasteiger partial charge < -0.3 is 5.11 Å². The molecule has 0 amide bonds. The van der Waals surface area contributed by atoms with E-state index in [1.807, 2.05) is 24.3 Å². The van der Waals surface area contributed by atoms with Crippen LogP contribution < -0.4 is 0 Å². The number of phenolic OH excluding ortho intramolecular Hbond substituents is 1. The predicted octanol–water partition coefficient (Wildman–Crippen LogP) is 3.97. The molecule has 4 rings (SSSR count). The Hall–Kier alpha value is -2.44. The van der Waals surface area contributed by atoms with Crippen molar-refractivity contribution in [3.05, 3.63) is 52.3 Å². The Kier molecular flexibility index (Phi) is 2.88. The third-order valence-electron chi connectivity index (χ3n) is 3.41. The molecular weight excluding hydrogens is 320 g/mol. The highest BCUT2D eigenvalue weighted by Gasteiger charge is 2.13. The lowest BCUT2D eigenvalue weighted by atomic mass is 10.2. The van der Waals surface area contributed by atoms with Crippen molar-refractivity contribution in [3.63, 3.8) is 0 Å². The van der Waals surface area contributed by atoms with Gasteiger partial charge >= 0.3 is 0 Å². The lowest BCUT2D eigenvalue weighted by Gasteiger charge is -2.00. The van der Waals surface area contributed by atoms with Crippen molar-refractivity contribution in [1.82, 2.24) is 19.6 Å². The molecule has 0 aliphatic heterocycles. The van der Waals surface area contributed by atoms with Crippen LogP contribution in [0.3, 0.4) is 0 Å². The number of H-pyrrole nitrogens is 1. The molecule has 0 bridgehead atoms. The van der Waals surface area contributed by atoms with Gasteiger partial charge in [0, 0.05) is 10.4 Å². The van der Waals surface area contributed by atoms with Crippen LogP contribution >= 0.6 is 23.8 Å². The number of nitrogens with one attached hydrogen (secondary N) is 1. The van der Waals surface area contributed by atoms with E-state index in [1.54, 1.807) is 16.6 Å². The van der Waals surface area contributed by atoms with E-state index in [2.05, 4.69) is 15.1 Å². The smallest absolute Gasteiger partial charge is 0.221 e. The number of aromatic amines is 1. The Morgan fingerprint density at radius 3 is 2.82 bits per heavy atom. The second kappa shape index (κ2) is 4.79. The molecule has 0 saturated carbocycles. The first-order valence-corrected chi connectivity index (χ1v) is 7.28. The normalized spacial score (nSPS) is 11.3. The van der Waals surface area contributed by atoms with Gasteiger partial charge in [-0.2, -0.15) is 0 Å². The summed E-state index contributed by atoms with van der Waals surface area (Å²) in [4.78, 5) is 8.92. The fraction of sp³-hybridized carbons (Fsp3) is 0. The number of hydrogen-bond acceptors (Lipinski definition) is 4. The monoisotopic (exact) mass is 328 g/mol. The SMILES string of the molecule is Oc1ccc(Cl)cc1-c1nc2c3ccccc3nc(=S)n2[nH]1. The van der Waals surface area contributed by atoms with Crippen molar-refractivity contribution >= 4 is 40.4 Å². The molecule has 7 heteroatoms. The summed E-state index contributed by atoms with van der Waals surface area (Å²) >= 11 is 11.3. The van der Waals surface area contributed by atoms with E-state index in [4.69, 9.17) is 23.8 Å². The summed E-state index contributed by atoms with van der Waals surface area (Å²) in [5.41, 5.74) is 1.94. The molecule has 0 radical (unpaired) electrons. The predicted molar refractivity (Wildman–Crippen MR) is 87.8 cm³/mol. The largest absolute Gasteiger partial charge is 0.507 e. The van der Waals surface area contributed by atoms with Gasteiger partial charge in [0.2, 0.25) is 4.77 Å². The molecule has 2 heterocycles. The summed E-state index contributed by atoms with van der Waals surface area (Å²) in [6.07, 6.45) is 0. The molecule has 0 fully saturated rings. The number of para-hydroxylation sites is 1. The van der Waals surface area contributed by atoms with Crippen LogP contribution in [-0.2, 0) is 0 Å². The van der Waals surface area contributed by atoms with Gasteiger partial charge in [0.15, 0.2) is 11.5 Å². The number of aromatic hydroxyl groups is 1. The molecule has 2 N–H and O–H groups in total. The van der Waals surface area contributed by atoms with Crippen LogP contribution in [0, 0.1) is 4.77 Å². The molecule has 0 unspecified atom stereocenters. The van der Waals surface area contributed by atoms with Gasteiger partial charge in [-0.25, -0.2) is 14.5 Å². The molecule has 0 saturated heterocycles. The molecule has 4 aromatic rings. The van der Waals surface area contributed by atoms with Gasteiger partial charge in [-0.3, -0.25) is 5.10 Å². The number of aromatic nitrogens is 4. The van der Waals surface area contributed by atoms with E-state index in [0.717, 1.165) is 10.9 Å². The zero-order valence-corrected chi connectivity index (χ0v) is 12.7. The van der Waals surface area contributed by atoms with Crippen molar-refractivity contribution < 1.29 is 5.11 Å². The Morgan fingerprint density at radius 2 is 1.95 bits per heavy atom. The highest BCUT2D eigenvalue weighted by molar-refractivity contribution is 7.71. The fourth-order valence-corrected chi connectivity index (χ4v) is 2.79. The Labute approximate surface area is 134 Å². The van der Waals surface area contributed by atoms with E-state index in [-0.39, 0.29) is 5.75 Å². The first-order valence-electron chi connectivity index (χ1n) is 6.50. The second-order valence-electron chi connectivity index (χ2n) is 4.80. The van der Waals surface area contributed by atoms with Crippen molar-refractivity contribution in [3.8, 4) is 17.1 Å². The van der Waals surface area contributed by atoms with Crippen LogP contribution in [-0.4, -0.2) is 24.7 Å². The Balaban J connectivity index is 2.09. The Bertz CT molecular complexity index is 1090. The summed E-state index contributed by atoms with van der Waals surface area (Å²) in [5, 5.41) is 14.5. The minimum atomic E-state index is 0.0900. The molecular formula is C15H9ClN4OS. The molecule has 22 heavy (non-hydrogen) atoms. The van der Waals surface area contributed by atoms with E-state index >= 15 is 0 Å². The second-order valence-corrected chi connectivity index (χ2v) is 5.61. The van der Waals surface area contributed by atoms with Gasteiger partial charge in [-0.15, -0.1) is 0 Å². The lowest BCUT2D eigenvalue weighted by Crippen LogP contribution is -1.94.